The minimum atomic E-state index is 0.145. The highest BCUT2D eigenvalue weighted by Crippen LogP contribution is 2.37. The lowest BCUT2D eigenvalue weighted by atomic mass is 9.98. The van der Waals surface area contributed by atoms with Gasteiger partial charge in [-0.1, -0.05) is 41.9 Å². The van der Waals surface area contributed by atoms with Crippen LogP contribution in [0.2, 0.25) is 5.02 Å². The summed E-state index contributed by atoms with van der Waals surface area (Å²) in [5, 5.41) is 7.79. The van der Waals surface area contributed by atoms with Gasteiger partial charge < -0.3 is 4.74 Å². The Bertz CT molecular complexity index is 905. The van der Waals surface area contributed by atoms with Crippen LogP contribution in [0.1, 0.15) is 23.6 Å². The van der Waals surface area contributed by atoms with Crippen molar-refractivity contribution in [3.05, 3.63) is 95.0 Å². The van der Waals surface area contributed by atoms with Crippen LogP contribution >= 0.6 is 11.6 Å². The van der Waals surface area contributed by atoms with Crippen molar-refractivity contribution in [1.29, 1.82) is 0 Å². The van der Waals surface area contributed by atoms with Crippen LogP contribution < -0.4 is 9.75 Å². The van der Waals surface area contributed by atoms with Crippen molar-refractivity contribution >= 4 is 23.0 Å². The molecule has 0 saturated heterocycles. The molecule has 1 aliphatic heterocycles. The van der Waals surface area contributed by atoms with Crippen molar-refractivity contribution in [1.82, 2.24) is 0 Å². The second-order valence-electron chi connectivity index (χ2n) is 6.23. The molecule has 0 N–H and O–H groups in total. The highest BCUT2D eigenvalue weighted by Gasteiger charge is 2.29. The largest absolute Gasteiger partial charge is 0.497 e. The van der Waals surface area contributed by atoms with Crippen LogP contribution in [0.25, 0.3) is 0 Å². The molecule has 0 spiro atoms. The van der Waals surface area contributed by atoms with Gasteiger partial charge in [0.1, 0.15) is 5.75 Å². The van der Waals surface area contributed by atoms with Gasteiger partial charge in [-0.05, 0) is 59.7 Å². The number of hydrogen-bond donors (Lipinski definition) is 0. The minimum Gasteiger partial charge on any atom is -0.497 e. The summed E-state index contributed by atoms with van der Waals surface area (Å²) in [4.78, 5) is 0. The fraction of sp³-hybridized carbons (Fsp3) is 0.136. The first-order chi connectivity index (χ1) is 12.7. The normalized spacial score (nSPS) is 16.5. The Morgan fingerprint density at radius 2 is 1.62 bits per heavy atom. The van der Waals surface area contributed by atoms with Crippen LogP contribution in [0.3, 0.4) is 0 Å². The van der Waals surface area contributed by atoms with Crippen LogP contribution in [0.15, 0.2) is 84.0 Å². The lowest BCUT2D eigenvalue weighted by Crippen LogP contribution is -2.18. The summed E-state index contributed by atoms with van der Waals surface area (Å²) in [6, 6.07) is 26.5. The van der Waals surface area contributed by atoms with Gasteiger partial charge in [0.2, 0.25) is 0 Å². The van der Waals surface area contributed by atoms with Gasteiger partial charge in [0, 0.05) is 11.4 Å². The molecular weight excluding hydrogens is 344 g/mol. The first-order valence-electron chi connectivity index (χ1n) is 8.56. The summed E-state index contributed by atoms with van der Waals surface area (Å²) in [7, 11) is 1.68. The van der Waals surface area contributed by atoms with Crippen LogP contribution in [0.4, 0.5) is 5.69 Å². The number of hydrogen-bond acceptors (Lipinski definition) is 3. The molecule has 26 heavy (non-hydrogen) atoms. The molecule has 0 aromatic heterocycles. The quantitative estimate of drug-likeness (QED) is 0.594. The smallest absolute Gasteiger partial charge is 0.118 e. The average Bonchev–Trinajstić information content (AvgIpc) is 3.15. The van der Waals surface area contributed by atoms with E-state index in [1.165, 1.54) is 5.56 Å². The summed E-state index contributed by atoms with van der Waals surface area (Å²) in [6.07, 6.45) is 0.836. The van der Waals surface area contributed by atoms with Crippen molar-refractivity contribution in [2.75, 3.05) is 12.1 Å². The van der Waals surface area contributed by atoms with Gasteiger partial charge in [0.25, 0.3) is 0 Å². The Kier molecular flexibility index (Phi) is 4.63. The predicted octanol–water partition coefficient (Wildman–Crippen LogP) is 5.70. The maximum atomic E-state index is 6.07. The van der Waals surface area contributed by atoms with Crippen LogP contribution in [-0.4, -0.2) is 12.8 Å². The Morgan fingerprint density at radius 1 is 0.923 bits per heavy atom. The molecule has 4 heteroatoms. The zero-order chi connectivity index (χ0) is 17.9. The first-order valence-corrected chi connectivity index (χ1v) is 8.94. The Labute approximate surface area is 158 Å². The standard InChI is InChI=1S/C22H19ClN2O/c1-26-20-13-9-16(10-14-20)21-15-22(17-7-11-18(23)12-8-17)25(24-21)19-5-3-2-4-6-19/h2-14,22H,15H2,1H3/t22-/m1/s1. The highest BCUT2D eigenvalue weighted by molar-refractivity contribution is 6.30. The Balaban J connectivity index is 1.71. The van der Waals surface area contributed by atoms with E-state index in [4.69, 9.17) is 21.4 Å². The molecule has 130 valence electrons. The predicted molar refractivity (Wildman–Crippen MR) is 107 cm³/mol. The van der Waals surface area contributed by atoms with Gasteiger partial charge in [-0.3, -0.25) is 5.01 Å². The van der Waals surface area contributed by atoms with Gasteiger partial charge in [0.05, 0.1) is 24.6 Å². The molecule has 3 aromatic carbocycles. The topological polar surface area (TPSA) is 24.8 Å². The lowest BCUT2D eigenvalue weighted by Gasteiger charge is -2.24. The minimum absolute atomic E-state index is 0.145. The number of benzene rings is 3. The molecule has 0 aliphatic carbocycles. The number of ether oxygens (including phenoxy) is 1. The molecule has 1 atom stereocenters. The fourth-order valence-electron chi connectivity index (χ4n) is 3.23. The summed E-state index contributed by atoms with van der Waals surface area (Å²) in [5.41, 5.74) is 4.46. The van der Waals surface area contributed by atoms with E-state index in [0.717, 1.165) is 34.2 Å². The molecule has 0 amide bonds. The van der Waals surface area contributed by atoms with E-state index in [0.29, 0.717) is 0 Å². The molecule has 4 rings (SSSR count). The monoisotopic (exact) mass is 362 g/mol. The number of para-hydroxylation sites is 1. The van der Waals surface area contributed by atoms with Gasteiger partial charge in [-0.25, -0.2) is 0 Å². The van der Waals surface area contributed by atoms with E-state index in [-0.39, 0.29) is 6.04 Å². The third kappa shape index (κ3) is 3.31. The molecule has 0 bridgehead atoms. The van der Waals surface area contributed by atoms with Crippen molar-refractivity contribution in [3.8, 4) is 5.75 Å². The van der Waals surface area contributed by atoms with E-state index in [9.17, 15) is 0 Å². The second kappa shape index (κ2) is 7.22. The van der Waals surface area contributed by atoms with Crippen molar-refractivity contribution in [2.45, 2.75) is 12.5 Å². The van der Waals surface area contributed by atoms with Gasteiger partial charge >= 0.3 is 0 Å². The van der Waals surface area contributed by atoms with Crippen LogP contribution in [-0.2, 0) is 0 Å². The lowest BCUT2D eigenvalue weighted by molar-refractivity contribution is 0.415. The second-order valence-corrected chi connectivity index (χ2v) is 6.66. The SMILES string of the molecule is COc1ccc(C2=NN(c3ccccc3)[C@@H](c3ccc(Cl)cc3)C2)cc1. The Hall–Kier alpha value is -2.78. The number of nitrogens with zero attached hydrogens (tertiary/aromatic N) is 2. The van der Waals surface area contributed by atoms with Crippen molar-refractivity contribution in [3.63, 3.8) is 0 Å². The van der Waals surface area contributed by atoms with E-state index < -0.39 is 0 Å². The Morgan fingerprint density at radius 3 is 2.27 bits per heavy atom. The molecule has 0 saturated carbocycles. The van der Waals surface area contributed by atoms with Crippen LogP contribution in [0.5, 0.6) is 5.75 Å². The fourth-order valence-corrected chi connectivity index (χ4v) is 3.36. The molecule has 1 heterocycles. The zero-order valence-electron chi connectivity index (χ0n) is 14.5. The van der Waals surface area contributed by atoms with Crippen molar-refractivity contribution < 1.29 is 4.74 Å². The number of methoxy groups -OCH3 is 1. The van der Waals surface area contributed by atoms with Crippen LogP contribution in [0, 0.1) is 0 Å². The number of halogens is 1. The van der Waals surface area contributed by atoms with E-state index in [2.05, 4.69) is 41.4 Å². The first kappa shape index (κ1) is 16.7. The van der Waals surface area contributed by atoms with Gasteiger partial charge in [-0.15, -0.1) is 0 Å². The molecule has 1 aliphatic rings. The average molecular weight is 363 g/mol. The summed E-state index contributed by atoms with van der Waals surface area (Å²) < 4.78 is 5.26. The third-order valence-electron chi connectivity index (χ3n) is 4.61. The number of rotatable bonds is 4. The zero-order valence-corrected chi connectivity index (χ0v) is 15.2. The number of anilines is 1. The summed E-state index contributed by atoms with van der Waals surface area (Å²) in [6.45, 7) is 0. The maximum Gasteiger partial charge on any atom is 0.118 e. The molecule has 3 nitrogen and oxygen atoms in total. The van der Waals surface area contributed by atoms with Gasteiger partial charge in [-0.2, -0.15) is 5.10 Å². The summed E-state index contributed by atoms with van der Waals surface area (Å²) in [5.74, 6) is 0.849. The molecule has 0 fully saturated rings. The molecule has 0 radical (unpaired) electrons. The van der Waals surface area contributed by atoms with E-state index in [1.54, 1.807) is 7.11 Å². The van der Waals surface area contributed by atoms with E-state index in [1.807, 2.05) is 42.5 Å². The van der Waals surface area contributed by atoms with E-state index >= 15 is 0 Å². The molecule has 0 unspecified atom stereocenters. The molecule has 3 aromatic rings. The highest BCUT2D eigenvalue weighted by atomic mass is 35.5. The number of hydrazone groups is 1. The van der Waals surface area contributed by atoms with Gasteiger partial charge in [0.15, 0.2) is 0 Å². The third-order valence-corrected chi connectivity index (χ3v) is 4.86. The maximum absolute atomic E-state index is 6.07. The molecular formula is C22H19ClN2O. The summed E-state index contributed by atoms with van der Waals surface area (Å²) >= 11 is 6.07. The van der Waals surface area contributed by atoms with Crippen molar-refractivity contribution in [2.24, 2.45) is 5.10 Å².